The Morgan fingerprint density at radius 1 is 1.16 bits per heavy atom. The van der Waals surface area contributed by atoms with E-state index in [4.69, 9.17) is 0 Å². The minimum absolute atomic E-state index is 0. The summed E-state index contributed by atoms with van der Waals surface area (Å²) in [5.74, 6) is -1.83. The smallest absolute Gasteiger partial charge is 0.550 e. The molecule has 92 valence electrons. The molecular weight excluding hydrogens is 271 g/mol. The van der Waals surface area contributed by atoms with Crippen LogP contribution in [-0.4, -0.2) is 11.8 Å². The molecule has 0 bridgehead atoms. The van der Waals surface area contributed by atoms with E-state index in [1.807, 2.05) is 11.4 Å². The van der Waals surface area contributed by atoms with Gasteiger partial charge in [0.05, 0.1) is 4.88 Å². The van der Waals surface area contributed by atoms with Crippen LogP contribution in [0.1, 0.15) is 33.6 Å². The molecule has 0 saturated carbocycles. The predicted molar refractivity (Wildman–Crippen MR) is 67.6 cm³/mol. The van der Waals surface area contributed by atoms with Gasteiger partial charge in [-0.3, -0.25) is 4.79 Å². The van der Waals surface area contributed by atoms with Crippen LogP contribution in [0, 0.1) is 0 Å². The number of thiophene rings is 1. The Morgan fingerprint density at radius 3 is 2.26 bits per heavy atom. The van der Waals surface area contributed by atoms with E-state index < -0.39 is 11.9 Å². The Bertz CT molecular complexity index is 561. The summed E-state index contributed by atoms with van der Waals surface area (Å²) in [5.41, 5.74) is 1.20. The summed E-state index contributed by atoms with van der Waals surface area (Å²) in [6.07, 6.45) is 0. The van der Waals surface area contributed by atoms with Gasteiger partial charge in [0.25, 0.3) is 0 Å². The van der Waals surface area contributed by atoms with E-state index in [1.165, 1.54) is 11.3 Å². The SMILES string of the molecule is C[C@H](C(=O)[O-])c1ccc(C(=O)c2cccs2)cc1.[Na+]. The van der Waals surface area contributed by atoms with Crippen molar-refractivity contribution in [3.05, 3.63) is 57.8 Å². The molecule has 1 heterocycles. The average molecular weight is 282 g/mol. The van der Waals surface area contributed by atoms with Crippen molar-refractivity contribution in [3.63, 3.8) is 0 Å². The molecule has 3 nitrogen and oxygen atoms in total. The fraction of sp³-hybridized carbons (Fsp3) is 0.143. The van der Waals surface area contributed by atoms with Gasteiger partial charge in [-0.15, -0.1) is 11.3 Å². The van der Waals surface area contributed by atoms with Gasteiger partial charge in [-0.1, -0.05) is 37.3 Å². The molecular formula is C14H11NaO3S. The zero-order valence-corrected chi connectivity index (χ0v) is 13.6. The summed E-state index contributed by atoms with van der Waals surface area (Å²) >= 11 is 1.39. The van der Waals surface area contributed by atoms with E-state index >= 15 is 0 Å². The van der Waals surface area contributed by atoms with E-state index in [0.29, 0.717) is 16.0 Å². The van der Waals surface area contributed by atoms with Gasteiger partial charge < -0.3 is 9.90 Å². The summed E-state index contributed by atoms with van der Waals surface area (Å²) < 4.78 is 0. The number of ketones is 1. The molecule has 0 unspecified atom stereocenters. The maximum atomic E-state index is 12.0. The molecule has 2 aromatic rings. The van der Waals surface area contributed by atoms with Gasteiger partial charge in [0, 0.05) is 17.5 Å². The number of carbonyl (C=O) groups is 2. The third-order valence-electron chi connectivity index (χ3n) is 2.77. The van der Waals surface area contributed by atoms with Crippen molar-refractivity contribution in [1.82, 2.24) is 0 Å². The second-order valence-electron chi connectivity index (χ2n) is 3.97. The van der Waals surface area contributed by atoms with Crippen LogP contribution in [0.5, 0.6) is 0 Å². The van der Waals surface area contributed by atoms with Crippen molar-refractivity contribution in [3.8, 4) is 0 Å². The van der Waals surface area contributed by atoms with Crippen LogP contribution in [-0.2, 0) is 4.79 Å². The zero-order valence-electron chi connectivity index (χ0n) is 10.8. The molecule has 0 saturated heterocycles. The average Bonchev–Trinajstić information content (AvgIpc) is 2.91. The van der Waals surface area contributed by atoms with Gasteiger partial charge in [-0.05, 0) is 17.0 Å². The number of aliphatic carboxylic acids is 1. The minimum atomic E-state index is -1.12. The molecule has 0 amide bonds. The molecule has 0 radical (unpaired) electrons. The van der Waals surface area contributed by atoms with Gasteiger partial charge in [-0.25, -0.2) is 0 Å². The molecule has 0 aliphatic rings. The second kappa shape index (κ2) is 7.01. The Balaban J connectivity index is 0.00000180. The van der Waals surface area contributed by atoms with Crippen molar-refractivity contribution in [1.29, 1.82) is 0 Å². The number of hydrogen-bond donors (Lipinski definition) is 0. The standard InChI is InChI=1S/C14H12O3S.Na/c1-9(14(16)17)10-4-6-11(7-5-10)13(15)12-3-2-8-18-12;/h2-9H,1H3,(H,16,17);/q;+1/p-1/t9-;/m0./s1. The van der Waals surface area contributed by atoms with Gasteiger partial charge in [-0.2, -0.15) is 0 Å². The van der Waals surface area contributed by atoms with E-state index in [0.717, 1.165) is 0 Å². The summed E-state index contributed by atoms with van der Waals surface area (Å²) in [6, 6.07) is 10.2. The van der Waals surface area contributed by atoms with Crippen molar-refractivity contribution >= 4 is 23.1 Å². The van der Waals surface area contributed by atoms with E-state index in [1.54, 1.807) is 37.3 Å². The third kappa shape index (κ3) is 3.76. The van der Waals surface area contributed by atoms with Crippen LogP contribution in [0.15, 0.2) is 41.8 Å². The Morgan fingerprint density at radius 2 is 1.79 bits per heavy atom. The maximum absolute atomic E-state index is 12.0. The first-order valence-electron chi connectivity index (χ1n) is 5.48. The monoisotopic (exact) mass is 282 g/mol. The molecule has 19 heavy (non-hydrogen) atoms. The van der Waals surface area contributed by atoms with Crippen molar-refractivity contribution in [2.75, 3.05) is 0 Å². The Kier molecular flexibility index (Phi) is 5.94. The van der Waals surface area contributed by atoms with Gasteiger partial charge in [0.1, 0.15) is 0 Å². The van der Waals surface area contributed by atoms with Gasteiger partial charge in [0.15, 0.2) is 0 Å². The number of carbonyl (C=O) groups excluding carboxylic acids is 2. The van der Waals surface area contributed by atoms with Crippen LogP contribution >= 0.6 is 11.3 Å². The van der Waals surface area contributed by atoms with E-state index in [2.05, 4.69) is 0 Å². The summed E-state index contributed by atoms with van der Waals surface area (Å²) in [4.78, 5) is 23.4. The molecule has 2 rings (SSSR count). The molecule has 1 aromatic heterocycles. The Hall–Kier alpha value is -0.940. The van der Waals surface area contributed by atoms with Crippen LogP contribution < -0.4 is 34.7 Å². The normalized spacial score (nSPS) is 11.4. The largest absolute Gasteiger partial charge is 1.00 e. The van der Waals surface area contributed by atoms with Crippen LogP contribution in [0.3, 0.4) is 0 Å². The minimum Gasteiger partial charge on any atom is -0.550 e. The molecule has 0 N–H and O–H groups in total. The number of rotatable bonds is 4. The number of hydrogen-bond acceptors (Lipinski definition) is 4. The van der Waals surface area contributed by atoms with Crippen molar-refractivity contribution in [2.24, 2.45) is 0 Å². The fourth-order valence-electron chi connectivity index (χ4n) is 1.61. The third-order valence-corrected chi connectivity index (χ3v) is 3.64. The predicted octanol–water partition coefficient (Wildman–Crippen LogP) is -1.16. The number of carboxylic acids is 1. The van der Waals surface area contributed by atoms with Crippen LogP contribution in [0.2, 0.25) is 0 Å². The molecule has 0 aliphatic heterocycles. The first-order valence-corrected chi connectivity index (χ1v) is 6.36. The van der Waals surface area contributed by atoms with Gasteiger partial charge in [0.2, 0.25) is 5.78 Å². The first kappa shape index (κ1) is 16.1. The van der Waals surface area contributed by atoms with Crippen LogP contribution in [0.4, 0.5) is 0 Å². The zero-order chi connectivity index (χ0) is 13.1. The molecule has 1 aromatic carbocycles. The van der Waals surface area contributed by atoms with Crippen LogP contribution in [0.25, 0.3) is 0 Å². The molecule has 0 aliphatic carbocycles. The number of benzene rings is 1. The fourth-order valence-corrected chi connectivity index (χ4v) is 2.30. The van der Waals surface area contributed by atoms with E-state index in [-0.39, 0.29) is 35.3 Å². The molecule has 5 heteroatoms. The first-order chi connectivity index (χ1) is 8.59. The molecule has 0 fully saturated rings. The summed E-state index contributed by atoms with van der Waals surface area (Å²) in [6.45, 7) is 1.56. The van der Waals surface area contributed by atoms with Crippen molar-refractivity contribution in [2.45, 2.75) is 12.8 Å². The summed E-state index contributed by atoms with van der Waals surface area (Å²) in [7, 11) is 0. The molecule has 0 spiro atoms. The number of carboxylic acid groups (broad SMARTS) is 1. The Labute approximate surface area is 137 Å². The second-order valence-corrected chi connectivity index (χ2v) is 4.92. The van der Waals surface area contributed by atoms with Crippen molar-refractivity contribution < 1.29 is 44.3 Å². The quantitative estimate of drug-likeness (QED) is 0.525. The summed E-state index contributed by atoms with van der Waals surface area (Å²) in [5, 5.41) is 12.6. The topological polar surface area (TPSA) is 57.2 Å². The van der Waals surface area contributed by atoms with E-state index in [9.17, 15) is 14.7 Å². The molecule has 1 atom stereocenters. The maximum Gasteiger partial charge on any atom is 1.00 e. The van der Waals surface area contributed by atoms with Gasteiger partial charge >= 0.3 is 29.6 Å².